The molecule has 0 aromatic carbocycles. The minimum Gasteiger partial charge on any atom is -0.396 e. The minimum absolute atomic E-state index is 0.0439. The summed E-state index contributed by atoms with van der Waals surface area (Å²) in [4.78, 5) is 12.6. The third-order valence-electron chi connectivity index (χ3n) is 3.19. The Labute approximate surface area is 99.5 Å². The standard InChI is InChI=1S/C12H17NO2S/c14-8-9-3-5-10(6-4-9)13-12(15)11-2-1-7-16-11/h1-2,7,9-10,14H,3-6,8H2,(H,13,15). The maximum absolute atomic E-state index is 11.8. The molecule has 0 saturated heterocycles. The highest BCUT2D eigenvalue weighted by Crippen LogP contribution is 2.24. The van der Waals surface area contributed by atoms with Gasteiger partial charge in [-0.2, -0.15) is 0 Å². The summed E-state index contributed by atoms with van der Waals surface area (Å²) in [7, 11) is 0. The van der Waals surface area contributed by atoms with Gasteiger partial charge in [0.1, 0.15) is 0 Å². The molecule has 0 unspecified atom stereocenters. The van der Waals surface area contributed by atoms with Crippen LogP contribution in [0.2, 0.25) is 0 Å². The molecule has 88 valence electrons. The molecular formula is C12H17NO2S. The summed E-state index contributed by atoms with van der Waals surface area (Å²) in [6, 6.07) is 4.03. The largest absolute Gasteiger partial charge is 0.396 e. The van der Waals surface area contributed by atoms with Crippen LogP contribution in [0, 0.1) is 5.92 Å². The van der Waals surface area contributed by atoms with Crippen molar-refractivity contribution >= 4 is 17.2 Å². The summed E-state index contributed by atoms with van der Waals surface area (Å²) in [5.41, 5.74) is 0. The molecule has 0 atom stereocenters. The van der Waals surface area contributed by atoms with Gasteiger partial charge in [-0.15, -0.1) is 11.3 Å². The molecule has 0 aliphatic heterocycles. The second-order valence-corrected chi connectivity index (χ2v) is 5.30. The third kappa shape index (κ3) is 2.83. The number of aliphatic hydroxyl groups is 1. The normalized spacial score (nSPS) is 25.3. The number of aliphatic hydroxyl groups excluding tert-OH is 1. The van der Waals surface area contributed by atoms with Crippen LogP contribution in [0.5, 0.6) is 0 Å². The lowest BCUT2D eigenvalue weighted by atomic mass is 9.86. The Balaban J connectivity index is 1.81. The van der Waals surface area contributed by atoms with Gasteiger partial charge in [0.25, 0.3) is 5.91 Å². The molecule has 1 saturated carbocycles. The van der Waals surface area contributed by atoms with E-state index in [1.807, 2.05) is 17.5 Å². The van der Waals surface area contributed by atoms with E-state index in [4.69, 9.17) is 5.11 Å². The van der Waals surface area contributed by atoms with E-state index in [1.165, 1.54) is 11.3 Å². The van der Waals surface area contributed by atoms with Gasteiger partial charge in [-0.25, -0.2) is 0 Å². The van der Waals surface area contributed by atoms with Crippen LogP contribution in [0.25, 0.3) is 0 Å². The van der Waals surface area contributed by atoms with Gasteiger partial charge in [0.05, 0.1) is 4.88 Å². The van der Waals surface area contributed by atoms with E-state index in [2.05, 4.69) is 5.32 Å². The predicted octanol–water partition coefficient (Wildman–Crippen LogP) is 2.03. The van der Waals surface area contributed by atoms with Crippen molar-refractivity contribution in [1.29, 1.82) is 0 Å². The van der Waals surface area contributed by atoms with Crippen molar-refractivity contribution in [2.24, 2.45) is 5.92 Å². The number of thiophene rings is 1. The topological polar surface area (TPSA) is 49.3 Å². The highest BCUT2D eigenvalue weighted by atomic mass is 32.1. The van der Waals surface area contributed by atoms with Gasteiger partial charge < -0.3 is 10.4 Å². The lowest BCUT2D eigenvalue weighted by Crippen LogP contribution is -2.37. The molecule has 1 amide bonds. The lowest BCUT2D eigenvalue weighted by Gasteiger charge is -2.27. The Morgan fingerprint density at radius 3 is 2.75 bits per heavy atom. The molecule has 4 heteroatoms. The molecule has 0 radical (unpaired) electrons. The number of rotatable bonds is 3. The summed E-state index contributed by atoms with van der Waals surface area (Å²) >= 11 is 1.47. The van der Waals surface area contributed by atoms with Crippen LogP contribution in [0.4, 0.5) is 0 Å². The number of hydrogen-bond donors (Lipinski definition) is 2. The van der Waals surface area contributed by atoms with E-state index in [-0.39, 0.29) is 18.6 Å². The van der Waals surface area contributed by atoms with Crippen LogP contribution in [0.15, 0.2) is 17.5 Å². The van der Waals surface area contributed by atoms with Crippen LogP contribution >= 0.6 is 11.3 Å². The molecule has 1 fully saturated rings. The van der Waals surface area contributed by atoms with Crippen molar-refractivity contribution in [2.75, 3.05) is 6.61 Å². The summed E-state index contributed by atoms with van der Waals surface area (Å²) in [5, 5.41) is 14.0. The Morgan fingerprint density at radius 2 is 2.19 bits per heavy atom. The Kier molecular flexibility index (Phi) is 3.96. The van der Waals surface area contributed by atoms with E-state index in [1.54, 1.807) is 0 Å². The summed E-state index contributed by atoms with van der Waals surface area (Å²) in [6.45, 7) is 0.283. The molecule has 1 aliphatic rings. The van der Waals surface area contributed by atoms with Gasteiger partial charge in [0.2, 0.25) is 0 Å². The van der Waals surface area contributed by atoms with Gasteiger partial charge in [-0.1, -0.05) is 6.07 Å². The molecule has 0 bridgehead atoms. The average molecular weight is 239 g/mol. The fourth-order valence-corrected chi connectivity index (χ4v) is 2.78. The third-order valence-corrected chi connectivity index (χ3v) is 4.05. The first kappa shape index (κ1) is 11.6. The molecule has 1 heterocycles. The Hall–Kier alpha value is -0.870. The van der Waals surface area contributed by atoms with Crippen molar-refractivity contribution in [3.63, 3.8) is 0 Å². The zero-order chi connectivity index (χ0) is 11.4. The first-order valence-corrected chi connectivity index (χ1v) is 6.63. The van der Waals surface area contributed by atoms with E-state index in [0.717, 1.165) is 30.6 Å². The van der Waals surface area contributed by atoms with E-state index >= 15 is 0 Å². The molecule has 0 spiro atoms. The van der Waals surface area contributed by atoms with Crippen LogP contribution in [-0.2, 0) is 0 Å². The van der Waals surface area contributed by atoms with Crippen molar-refractivity contribution in [2.45, 2.75) is 31.7 Å². The monoisotopic (exact) mass is 239 g/mol. The van der Waals surface area contributed by atoms with Crippen molar-refractivity contribution in [1.82, 2.24) is 5.32 Å². The van der Waals surface area contributed by atoms with Crippen LogP contribution in [0.3, 0.4) is 0 Å². The highest BCUT2D eigenvalue weighted by molar-refractivity contribution is 7.12. The summed E-state index contributed by atoms with van der Waals surface area (Å²) in [6.07, 6.45) is 4.02. The van der Waals surface area contributed by atoms with E-state index < -0.39 is 0 Å². The molecule has 2 N–H and O–H groups in total. The summed E-state index contributed by atoms with van der Waals surface area (Å²) < 4.78 is 0. The van der Waals surface area contributed by atoms with Crippen LogP contribution < -0.4 is 5.32 Å². The zero-order valence-electron chi connectivity index (χ0n) is 9.19. The maximum Gasteiger partial charge on any atom is 0.261 e. The predicted molar refractivity (Wildman–Crippen MR) is 64.6 cm³/mol. The Bertz CT molecular complexity index is 329. The van der Waals surface area contributed by atoms with Gasteiger partial charge >= 0.3 is 0 Å². The summed E-state index contributed by atoms with van der Waals surface area (Å²) in [5.74, 6) is 0.484. The minimum atomic E-state index is 0.0439. The van der Waals surface area contributed by atoms with Crippen molar-refractivity contribution in [3.8, 4) is 0 Å². The first-order chi connectivity index (χ1) is 7.79. The smallest absolute Gasteiger partial charge is 0.261 e. The van der Waals surface area contributed by atoms with Gasteiger partial charge in [0, 0.05) is 12.6 Å². The number of carbonyl (C=O) groups is 1. The molecule has 3 nitrogen and oxygen atoms in total. The molecule has 1 aromatic rings. The van der Waals surface area contributed by atoms with E-state index in [9.17, 15) is 4.79 Å². The number of nitrogens with one attached hydrogen (secondary N) is 1. The molecular weight excluding hydrogens is 222 g/mol. The second-order valence-electron chi connectivity index (χ2n) is 4.35. The second kappa shape index (κ2) is 5.46. The SMILES string of the molecule is O=C(NC1CCC(CO)CC1)c1cccs1. The van der Waals surface area contributed by atoms with Gasteiger partial charge in [-0.05, 0) is 43.0 Å². The van der Waals surface area contributed by atoms with Crippen LogP contribution in [-0.4, -0.2) is 23.7 Å². The van der Waals surface area contributed by atoms with Crippen LogP contribution in [0.1, 0.15) is 35.4 Å². The highest BCUT2D eigenvalue weighted by Gasteiger charge is 2.22. The molecule has 2 rings (SSSR count). The van der Waals surface area contributed by atoms with Crippen molar-refractivity contribution < 1.29 is 9.90 Å². The van der Waals surface area contributed by atoms with Gasteiger partial charge in [0.15, 0.2) is 0 Å². The number of carbonyl (C=O) groups excluding carboxylic acids is 1. The van der Waals surface area contributed by atoms with E-state index in [0.29, 0.717) is 5.92 Å². The number of amides is 1. The zero-order valence-corrected chi connectivity index (χ0v) is 10.0. The quantitative estimate of drug-likeness (QED) is 0.848. The molecule has 1 aromatic heterocycles. The maximum atomic E-state index is 11.8. The fourth-order valence-electron chi connectivity index (χ4n) is 2.15. The fraction of sp³-hybridized carbons (Fsp3) is 0.583. The van der Waals surface area contributed by atoms with Crippen molar-refractivity contribution in [3.05, 3.63) is 22.4 Å². The average Bonchev–Trinajstić information content (AvgIpc) is 2.83. The number of hydrogen-bond acceptors (Lipinski definition) is 3. The lowest BCUT2D eigenvalue weighted by molar-refractivity contribution is 0.0918. The molecule has 1 aliphatic carbocycles. The Morgan fingerprint density at radius 1 is 1.44 bits per heavy atom. The molecule has 16 heavy (non-hydrogen) atoms. The first-order valence-electron chi connectivity index (χ1n) is 5.75. The van der Waals surface area contributed by atoms with Gasteiger partial charge in [-0.3, -0.25) is 4.79 Å².